The van der Waals surface area contributed by atoms with Crippen LogP contribution in [0.3, 0.4) is 0 Å². The van der Waals surface area contributed by atoms with E-state index in [9.17, 15) is 0 Å². The zero-order valence-corrected chi connectivity index (χ0v) is 12.2. The van der Waals surface area contributed by atoms with Crippen molar-refractivity contribution < 1.29 is 0 Å². The molecule has 0 bridgehead atoms. The molecule has 1 heteroatoms. The van der Waals surface area contributed by atoms with Crippen molar-refractivity contribution in [3.05, 3.63) is 35.9 Å². The van der Waals surface area contributed by atoms with Crippen molar-refractivity contribution in [2.24, 2.45) is 5.92 Å². The molecule has 1 nitrogen and oxygen atoms in total. The lowest BCUT2D eigenvalue weighted by molar-refractivity contribution is 0.350. The van der Waals surface area contributed by atoms with Crippen LogP contribution in [0.4, 0.5) is 0 Å². The molecule has 18 heavy (non-hydrogen) atoms. The summed E-state index contributed by atoms with van der Waals surface area (Å²) in [5.74, 6) is 0.937. The van der Waals surface area contributed by atoms with E-state index in [2.05, 4.69) is 63.3 Å². The molecular weight excluding hydrogens is 218 g/mol. The van der Waals surface area contributed by atoms with Crippen molar-refractivity contribution in [3.8, 4) is 0 Å². The fourth-order valence-corrected chi connectivity index (χ4v) is 3.01. The molecule has 2 atom stereocenters. The molecule has 0 heterocycles. The summed E-state index contributed by atoms with van der Waals surface area (Å²) in [6, 6.07) is 12.1. The highest BCUT2D eigenvalue weighted by molar-refractivity contribution is 5.23. The quantitative estimate of drug-likeness (QED) is 0.794. The number of hydrogen-bond acceptors (Lipinski definition) is 1. The van der Waals surface area contributed by atoms with Crippen molar-refractivity contribution in [3.63, 3.8) is 0 Å². The average Bonchev–Trinajstić information content (AvgIpc) is 3.13. The van der Waals surface area contributed by atoms with Crippen molar-refractivity contribution in [1.82, 2.24) is 5.32 Å². The first-order valence-corrected chi connectivity index (χ1v) is 7.30. The van der Waals surface area contributed by atoms with Gasteiger partial charge in [-0.2, -0.15) is 0 Å². The Morgan fingerprint density at radius 3 is 2.33 bits per heavy atom. The van der Waals surface area contributed by atoms with Gasteiger partial charge in [0.05, 0.1) is 0 Å². The van der Waals surface area contributed by atoms with E-state index in [0.29, 0.717) is 12.1 Å². The maximum absolute atomic E-state index is 3.77. The molecule has 1 aromatic rings. The SMILES string of the molecule is CC(CC(C)(C)c1ccccc1)NC(C)C1CC1. The molecule has 1 fully saturated rings. The monoisotopic (exact) mass is 245 g/mol. The van der Waals surface area contributed by atoms with Crippen LogP contribution in [0.15, 0.2) is 30.3 Å². The molecule has 1 saturated carbocycles. The maximum Gasteiger partial charge on any atom is 0.00694 e. The molecule has 0 aromatic heterocycles. The Balaban J connectivity index is 1.90. The van der Waals surface area contributed by atoms with Gasteiger partial charge in [-0.25, -0.2) is 0 Å². The van der Waals surface area contributed by atoms with Gasteiger partial charge in [0.15, 0.2) is 0 Å². The second-order valence-corrected chi connectivity index (χ2v) is 6.65. The Kier molecular flexibility index (Phi) is 4.11. The van der Waals surface area contributed by atoms with Gasteiger partial charge in [0.1, 0.15) is 0 Å². The van der Waals surface area contributed by atoms with Gasteiger partial charge in [0, 0.05) is 12.1 Å². The van der Waals surface area contributed by atoms with E-state index in [-0.39, 0.29) is 5.41 Å². The lowest BCUT2D eigenvalue weighted by Gasteiger charge is -2.30. The minimum Gasteiger partial charge on any atom is -0.311 e. The van der Waals surface area contributed by atoms with E-state index in [1.165, 1.54) is 24.8 Å². The summed E-state index contributed by atoms with van der Waals surface area (Å²) in [6.07, 6.45) is 4.03. The summed E-state index contributed by atoms with van der Waals surface area (Å²) in [7, 11) is 0. The molecule has 0 spiro atoms. The summed E-state index contributed by atoms with van der Waals surface area (Å²) >= 11 is 0. The highest BCUT2D eigenvalue weighted by Crippen LogP contribution is 2.33. The van der Waals surface area contributed by atoms with Gasteiger partial charge < -0.3 is 5.32 Å². The first-order chi connectivity index (χ1) is 8.49. The molecular formula is C17H27N. The Morgan fingerprint density at radius 2 is 1.78 bits per heavy atom. The molecule has 1 N–H and O–H groups in total. The largest absolute Gasteiger partial charge is 0.311 e. The highest BCUT2D eigenvalue weighted by atomic mass is 15.0. The second-order valence-electron chi connectivity index (χ2n) is 6.65. The molecule has 100 valence electrons. The van der Waals surface area contributed by atoms with E-state index in [4.69, 9.17) is 0 Å². The van der Waals surface area contributed by atoms with Crippen molar-refractivity contribution in [2.45, 2.75) is 64.5 Å². The van der Waals surface area contributed by atoms with E-state index < -0.39 is 0 Å². The van der Waals surface area contributed by atoms with Crippen molar-refractivity contribution in [1.29, 1.82) is 0 Å². The van der Waals surface area contributed by atoms with Crippen LogP contribution in [0.25, 0.3) is 0 Å². The fraction of sp³-hybridized carbons (Fsp3) is 0.647. The predicted octanol–water partition coefficient (Wildman–Crippen LogP) is 4.13. The molecule has 2 rings (SSSR count). The van der Waals surface area contributed by atoms with Gasteiger partial charge in [-0.3, -0.25) is 0 Å². The standard InChI is InChI=1S/C17H27N/c1-13(18-14(2)15-10-11-15)12-17(3,4)16-8-6-5-7-9-16/h5-9,13-15,18H,10-12H2,1-4H3. The van der Waals surface area contributed by atoms with Gasteiger partial charge in [0.2, 0.25) is 0 Å². The summed E-state index contributed by atoms with van der Waals surface area (Å²) in [6.45, 7) is 9.36. The number of nitrogens with one attached hydrogen (secondary N) is 1. The number of benzene rings is 1. The predicted molar refractivity (Wildman–Crippen MR) is 78.9 cm³/mol. The van der Waals surface area contributed by atoms with Crippen LogP contribution in [-0.4, -0.2) is 12.1 Å². The van der Waals surface area contributed by atoms with Gasteiger partial charge >= 0.3 is 0 Å². The first kappa shape index (κ1) is 13.6. The summed E-state index contributed by atoms with van der Waals surface area (Å²) < 4.78 is 0. The Labute approximate surface area is 112 Å². The molecule has 0 amide bonds. The minimum atomic E-state index is 0.247. The Hall–Kier alpha value is -0.820. The molecule has 1 aliphatic carbocycles. The molecule has 0 radical (unpaired) electrons. The van der Waals surface area contributed by atoms with Crippen LogP contribution in [-0.2, 0) is 5.41 Å². The molecule has 0 aliphatic heterocycles. The second kappa shape index (κ2) is 5.44. The van der Waals surface area contributed by atoms with Crippen LogP contribution in [0.5, 0.6) is 0 Å². The number of hydrogen-bond donors (Lipinski definition) is 1. The van der Waals surface area contributed by atoms with Crippen molar-refractivity contribution >= 4 is 0 Å². The molecule has 1 aliphatic rings. The fourth-order valence-electron chi connectivity index (χ4n) is 3.01. The van der Waals surface area contributed by atoms with Gasteiger partial charge in [0.25, 0.3) is 0 Å². The summed E-state index contributed by atoms with van der Waals surface area (Å²) in [5, 5.41) is 3.77. The van der Waals surface area contributed by atoms with Crippen molar-refractivity contribution in [2.75, 3.05) is 0 Å². The summed E-state index contributed by atoms with van der Waals surface area (Å²) in [4.78, 5) is 0. The zero-order chi connectivity index (χ0) is 13.2. The van der Waals surface area contributed by atoms with Gasteiger partial charge in [-0.15, -0.1) is 0 Å². The van der Waals surface area contributed by atoms with Crippen LogP contribution >= 0.6 is 0 Å². The van der Waals surface area contributed by atoms with Gasteiger partial charge in [-0.1, -0.05) is 44.2 Å². The van der Waals surface area contributed by atoms with Crippen LogP contribution in [0.2, 0.25) is 0 Å². The van der Waals surface area contributed by atoms with E-state index >= 15 is 0 Å². The molecule has 0 saturated heterocycles. The van der Waals surface area contributed by atoms with E-state index in [1.54, 1.807) is 0 Å². The highest BCUT2D eigenvalue weighted by Gasteiger charge is 2.30. The molecule has 1 aromatic carbocycles. The summed E-state index contributed by atoms with van der Waals surface area (Å²) in [5.41, 5.74) is 1.69. The topological polar surface area (TPSA) is 12.0 Å². The van der Waals surface area contributed by atoms with Crippen LogP contribution < -0.4 is 5.32 Å². The maximum atomic E-state index is 3.77. The first-order valence-electron chi connectivity index (χ1n) is 7.30. The lowest BCUT2D eigenvalue weighted by Crippen LogP contribution is -2.39. The third-order valence-electron chi connectivity index (χ3n) is 4.25. The zero-order valence-electron chi connectivity index (χ0n) is 12.2. The number of rotatable bonds is 6. The van der Waals surface area contributed by atoms with E-state index in [0.717, 1.165) is 5.92 Å². The molecule has 2 unspecified atom stereocenters. The van der Waals surface area contributed by atoms with E-state index in [1.807, 2.05) is 0 Å². The third-order valence-corrected chi connectivity index (χ3v) is 4.25. The van der Waals surface area contributed by atoms with Gasteiger partial charge in [-0.05, 0) is 50.0 Å². The van der Waals surface area contributed by atoms with Crippen LogP contribution in [0, 0.1) is 5.92 Å². The average molecular weight is 245 g/mol. The Morgan fingerprint density at radius 1 is 1.17 bits per heavy atom. The lowest BCUT2D eigenvalue weighted by atomic mass is 9.79. The normalized spacial score (nSPS) is 19.6. The third kappa shape index (κ3) is 3.58. The Bertz CT molecular complexity index is 364. The smallest absolute Gasteiger partial charge is 0.00694 e. The van der Waals surface area contributed by atoms with Crippen LogP contribution in [0.1, 0.15) is 52.5 Å². The minimum absolute atomic E-state index is 0.247.